The molecule has 39 heavy (non-hydrogen) atoms. The molecule has 6 unspecified atom stereocenters. The predicted molar refractivity (Wildman–Crippen MR) is 151 cm³/mol. The van der Waals surface area contributed by atoms with Crippen LogP contribution in [0.2, 0.25) is 0 Å². The van der Waals surface area contributed by atoms with E-state index in [1.54, 1.807) is 16.7 Å². The summed E-state index contributed by atoms with van der Waals surface area (Å²) in [6.45, 7) is 1.95. The van der Waals surface area contributed by atoms with Crippen molar-refractivity contribution in [1.29, 1.82) is 0 Å². The molecule has 2 aromatic carbocycles. The van der Waals surface area contributed by atoms with E-state index in [1.807, 2.05) is 79.9 Å². The SMILES string of the molecule is CSc1cccc(NC(=O)C2C3C=CC4(O3)C2C(=O)N(C(C)c2ccccc2)C4C(=O)NC2CCCCC2)c1. The van der Waals surface area contributed by atoms with Crippen molar-refractivity contribution in [2.75, 3.05) is 11.6 Å². The number of carbonyl (C=O) groups excluding carboxylic acids is 3. The number of hydrogen-bond donors (Lipinski definition) is 2. The maximum atomic E-state index is 14.3. The molecule has 7 nitrogen and oxygen atoms in total. The van der Waals surface area contributed by atoms with E-state index >= 15 is 0 Å². The van der Waals surface area contributed by atoms with Crippen molar-refractivity contribution in [3.63, 3.8) is 0 Å². The molecule has 4 aliphatic rings. The van der Waals surface area contributed by atoms with Crippen LogP contribution >= 0.6 is 11.8 Å². The number of nitrogens with zero attached hydrogens (tertiary/aromatic N) is 1. The molecule has 3 heterocycles. The van der Waals surface area contributed by atoms with Gasteiger partial charge < -0.3 is 20.3 Å². The minimum atomic E-state index is -1.17. The molecule has 6 atom stereocenters. The Labute approximate surface area is 233 Å². The number of fused-ring (bicyclic) bond motifs is 1. The average Bonchev–Trinajstić information content (AvgIpc) is 3.61. The molecule has 2 bridgehead atoms. The summed E-state index contributed by atoms with van der Waals surface area (Å²) in [4.78, 5) is 44.8. The molecule has 3 aliphatic heterocycles. The molecule has 3 fully saturated rings. The zero-order chi connectivity index (χ0) is 27.1. The molecule has 3 amide bonds. The Bertz CT molecular complexity index is 1290. The number of anilines is 1. The number of amides is 3. The zero-order valence-corrected chi connectivity index (χ0v) is 23.2. The monoisotopic (exact) mass is 545 g/mol. The minimum absolute atomic E-state index is 0.0936. The molecular weight excluding hydrogens is 510 g/mol. The van der Waals surface area contributed by atoms with Gasteiger partial charge >= 0.3 is 0 Å². The summed E-state index contributed by atoms with van der Waals surface area (Å²) in [7, 11) is 0. The normalized spacial score (nSPS) is 30.3. The molecule has 2 N–H and O–H groups in total. The fourth-order valence-electron chi connectivity index (χ4n) is 6.97. The van der Waals surface area contributed by atoms with Crippen LogP contribution in [-0.2, 0) is 19.1 Å². The second-order valence-electron chi connectivity index (χ2n) is 11.1. The first kappa shape index (κ1) is 26.1. The van der Waals surface area contributed by atoms with Gasteiger partial charge in [-0.1, -0.05) is 67.8 Å². The highest BCUT2D eigenvalue weighted by molar-refractivity contribution is 7.98. The smallest absolute Gasteiger partial charge is 0.246 e. The highest BCUT2D eigenvalue weighted by Gasteiger charge is 2.73. The third-order valence-electron chi connectivity index (χ3n) is 8.85. The first-order valence-electron chi connectivity index (χ1n) is 13.9. The summed E-state index contributed by atoms with van der Waals surface area (Å²) in [5.74, 6) is -2.16. The Morgan fingerprint density at radius 3 is 2.56 bits per heavy atom. The number of thioether (sulfide) groups is 1. The largest absolute Gasteiger partial charge is 0.359 e. The lowest BCUT2D eigenvalue weighted by Gasteiger charge is -2.37. The number of ether oxygens (including phenoxy) is 1. The van der Waals surface area contributed by atoms with Crippen LogP contribution < -0.4 is 10.6 Å². The minimum Gasteiger partial charge on any atom is -0.359 e. The van der Waals surface area contributed by atoms with Crippen LogP contribution in [-0.4, -0.2) is 52.7 Å². The van der Waals surface area contributed by atoms with Crippen molar-refractivity contribution in [3.05, 3.63) is 72.3 Å². The van der Waals surface area contributed by atoms with Crippen molar-refractivity contribution < 1.29 is 19.1 Å². The van der Waals surface area contributed by atoms with Crippen LogP contribution in [0, 0.1) is 11.8 Å². The number of hydrogen-bond acceptors (Lipinski definition) is 5. The molecule has 2 aromatic rings. The van der Waals surface area contributed by atoms with Gasteiger partial charge in [-0.05, 0) is 49.8 Å². The Balaban J connectivity index is 1.34. The molecular formula is C31H35N3O4S. The van der Waals surface area contributed by atoms with Crippen LogP contribution in [0.1, 0.15) is 50.6 Å². The van der Waals surface area contributed by atoms with Gasteiger partial charge in [-0.2, -0.15) is 0 Å². The van der Waals surface area contributed by atoms with E-state index in [4.69, 9.17) is 4.74 Å². The Morgan fingerprint density at radius 2 is 1.82 bits per heavy atom. The summed E-state index contributed by atoms with van der Waals surface area (Å²) >= 11 is 1.60. The third kappa shape index (κ3) is 4.47. The van der Waals surface area contributed by atoms with E-state index in [9.17, 15) is 14.4 Å². The van der Waals surface area contributed by atoms with Crippen molar-refractivity contribution in [2.45, 2.75) is 73.8 Å². The molecule has 8 heteroatoms. The molecule has 2 saturated heterocycles. The van der Waals surface area contributed by atoms with Gasteiger partial charge in [-0.25, -0.2) is 0 Å². The van der Waals surface area contributed by atoms with Crippen LogP contribution in [0.25, 0.3) is 0 Å². The van der Waals surface area contributed by atoms with Crippen molar-refractivity contribution in [2.24, 2.45) is 11.8 Å². The molecule has 0 aromatic heterocycles. The summed E-state index contributed by atoms with van der Waals surface area (Å²) in [5, 5.41) is 6.28. The van der Waals surface area contributed by atoms with E-state index < -0.39 is 29.6 Å². The molecule has 1 saturated carbocycles. The van der Waals surface area contributed by atoms with Crippen LogP contribution in [0.3, 0.4) is 0 Å². The second-order valence-corrected chi connectivity index (χ2v) is 12.0. The van der Waals surface area contributed by atoms with Crippen LogP contribution in [0.4, 0.5) is 5.69 Å². The van der Waals surface area contributed by atoms with Gasteiger partial charge in [0.25, 0.3) is 0 Å². The summed E-state index contributed by atoms with van der Waals surface area (Å²) in [6.07, 6.45) is 10.4. The lowest BCUT2D eigenvalue weighted by molar-refractivity contribution is -0.143. The van der Waals surface area contributed by atoms with Gasteiger partial charge in [0.2, 0.25) is 17.7 Å². The number of rotatable bonds is 7. The van der Waals surface area contributed by atoms with Crippen LogP contribution in [0.5, 0.6) is 0 Å². The molecule has 1 spiro atoms. The first-order chi connectivity index (χ1) is 18.9. The summed E-state index contributed by atoms with van der Waals surface area (Å²) in [5.41, 5.74) is 0.442. The number of likely N-dealkylation sites (tertiary alicyclic amines) is 1. The third-order valence-corrected chi connectivity index (χ3v) is 9.58. The maximum Gasteiger partial charge on any atom is 0.246 e. The summed E-state index contributed by atoms with van der Waals surface area (Å²) < 4.78 is 6.51. The van der Waals surface area contributed by atoms with E-state index in [0.717, 1.165) is 36.1 Å². The first-order valence-corrected chi connectivity index (χ1v) is 15.1. The van der Waals surface area contributed by atoms with Gasteiger partial charge in [0, 0.05) is 16.6 Å². The van der Waals surface area contributed by atoms with Gasteiger partial charge in [0.05, 0.1) is 24.0 Å². The topological polar surface area (TPSA) is 87.7 Å². The zero-order valence-electron chi connectivity index (χ0n) is 22.3. The Morgan fingerprint density at radius 1 is 1.05 bits per heavy atom. The van der Waals surface area contributed by atoms with Crippen LogP contribution in [0.15, 0.2) is 71.6 Å². The van der Waals surface area contributed by atoms with Gasteiger partial charge in [-0.15, -0.1) is 11.8 Å². The quantitative estimate of drug-likeness (QED) is 0.389. The number of carbonyl (C=O) groups is 3. The predicted octanol–water partition coefficient (Wildman–Crippen LogP) is 4.71. The molecule has 0 radical (unpaired) electrons. The number of nitrogens with one attached hydrogen (secondary N) is 2. The fourth-order valence-corrected chi connectivity index (χ4v) is 7.43. The van der Waals surface area contributed by atoms with Gasteiger partial charge in [0.15, 0.2) is 0 Å². The Kier molecular flexibility index (Phi) is 7.02. The standard InChI is InChI=1S/C31H35N3O4S/c1-19(20-10-5-3-6-11-20)34-27(29(36)32-21-12-7-4-8-13-21)31-17-16-24(38-31)25(26(31)30(34)37)28(35)33-22-14-9-15-23(18-22)39-2/h3,5-6,9-11,14-19,21,24-27H,4,7-8,12-13H2,1-2H3,(H,32,36)(H,33,35). The van der Waals surface area contributed by atoms with Crippen molar-refractivity contribution in [3.8, 4) is 0 Å². The van der Waals surface area contributed by atoms with E-state index in [0.29, 0.717) is 5.69 Å². The van der Waals surface area contributed by atoms with E-state index in [-0.39, 0.29) is 29.8 Å². The Hall–Kier alpha value is -3.10. The van der Waals surface area contributed by atoms with Gasteiger partial charge in [0.1, 0.15) is 11.6 Å². The second kappa shape index (κ2) is 10.5. The average molecular weight is 546 g/mol. The fraction of sp³-hybridized carbons (Fsp3) is 0.452. The molecule has 6 rings (SSSR count). The molecule has 1 aliphatic carbocycles. The lowest BCUT2D eigenvalue weighted by atomic mass is 9.74. The van der Waals surface area contributed by atoms with Crippen molar-refractivity contribution >= 4 is 35.2 Å². The van der Waals surface area contributed by atoms with Crippen molar-refractivity contribution in [1.82, 2.24) is 10.2 Å². The maximum absolute atomic E-state index is 14.3. The summed E-state index contributed by atoms with van der Waals surface area (Å²) in [6, 6.07) is 16.3. The van der Waals surface area contributed by atoms with Gasteiger partial charge in [-0.3, -0.25) is 14.4 Å². The number of benzene rings is 2. The lowest BCUT2D eigenvalue weighted by Crippen LogP contribution is -2.56. The van der Waals surface area contributed by atoms with E-state index in [2.05, 4.69) is 10.6 Å². The highest BCUT2D eigenvalue weighted by atomic mass is 32.2. The highest BCUT2D eigenvalue weighted by Crippen LogP contribution is 2.56. The molecule has 204 valence electrons. The van der Waals surface area contributed by atoms with E-state index in [1.165, 1.54) is 6.42 Å².